The van der Waals surface area contributed by atoms with Crippen LogP contribution in [0, 0.1) is 0 Å². The molecule has 1 amide bonds. The number of halogens is 1. The van der Waals surface area contributed by atoms with Crippen LogP contribution in [0.1, 0.15) is 23.2 Å². The molecule has 2 aliphatic heterocycles. The van der Waals surface area contributed by atoms with Gasteiger partial charge in [-0.3, -0.25) is 9.69 Å². The number of likely N-dealkylation sites (tertiary alicyclic amines) is 1. The molecule has 1 atom stereocenters. The van der Waals surface area contributed by atoms with Gasteiger partial charge in [0, 0.05) is 61.6 Å². The predicted octanol–water partition coefficient (Wildman–Crippen LogP) is 3.78. The van der Waals surface area contributed by atoms with Crippen LogP contribution in [0.5, 0.6) is 5.75 Å². The number of hydrogen-bond donors (Lipinski definition) is 0. The number of ether oxygens (including phenoxy) is 1. The highest BCUT2D eigenvalue weighted by molar-refractivity contribution is 6.30. The summed E-state index contributed by atoms with van der Waals surface area (Å²) in [4.78, 5) is 19.9. The molecule has 6 heteroatoms. The van der Waals surface area contributed by atoms with Gasteiger partial charge in [0.2, 0.25) is 0 Å². The molecule has 0 bridgehead atoms. The van der Waals surface area contributed by atoms with E-state index in [1.54, 1.807) is 7.11 Å². The average Bonchev–Trinajstić information content (AvgIpc) is 2.79. The molecule has 2 saturated heterocycles. The van der Waals surface area contributed by atoms with Crippen molar-refractivity contribution in [3.05, 3.63) is 59.1 Å². The van der Waals surface area contributed by atoms with E-state index in [-0.39, 0.29) is 5.91 Å². The lowest BCUT2D eigenvalue weighted by atomic mass is 10.0. The number of nitrogens with zero attached hydrogens (tertiary/aromatic N) is 3. The highest BCUT2D eigenvalue weighted by Gasteiger charge is 2.30. The number of carbonyl (C=O) groups is 1. The molecular weight excluding hydrogens is 386 g/mol. The van der Waals surface area contributed by atoms with Crippen molar-refractivity contribution >= 4 is 23.2 Å². The normalized spacial score (nSPS) is 20.6. The third kappa shape index (κ3) is 4.68. The molecule has 2 aromatic rings. The maximum atomic E-state index is 13.0. The topological polar surface area (TPSA) is 36.0 Å². The lowest BCUT2D eigenvalue weighted by Crippen LogP contribution is -2.55. The van der Waals surface area contributed by atoms with Crippen molar-refractivity contribution in [2.24, 2.45) is 0 Å². The molecule has 2 fully saturated rings. The van der Waals surface area contributed by atoms with Crippen LogP contribution < -0.4 is 9.64 Å². The second-order valence-electron chi connectivity index (χ2n) is 7.78. The number of piperidine rings is 1. The number of rotatable bonds is 4. The zero-order chi connectivity index (χ0) is 20.2. The molecule has 0 aromatic heterocycles. The summed E-state index contributed by atoms with van der Waals surface area (Å²) in [7, 11) is 1.63. The quantitative estimate of drug-likeness (QED) is 0.764. The lowest BCUT2D eigenvalue weighted by molar-refractivity contribution is 0.0563. The minimum absolute atomic E-state index is 0.103. The van der Waals surface area contributed by atoms with Gasteiger partial charge in [0.25, 0.3) is 5.91 Å². The van der Waals surface area contributed by atoms with Crippen LogP contribution in [0.2, 0.25) is 5.02 Å². The zero-order valence-corrected chi connectivity index (χ0v) is 17.6. The number of carbonyl (C=O) groups excluding carboxylic acids is 1. The van der Waals surface area contributed by atoms with Crippen LogP contribution in [0.3, 0.4) is 0 Å². The fraction of sp³-hybridized carbons (Fsp3) is 0.435. The molecule has 154 valence electrons. The molecule has 2 heterocycles. The van der Waals surface area contributed by atoms with Gasteiger partial charge in [-0.15, -0.1) is 0 Å². The Morgan fingerprint density at radius 1 is 1.03 bits per heavy atom. The van der Waals surface area contributed by atoms with Crippen molar-refractivity contribution in [3.8, 4) is 5.75 Å². The van der Waals surface area contributed by atoms with Crippen molar-refractivity contribution < 1.29 is 9.53 Å². The fourth-order valence-electron chi connectivity index (χ4n) is 4.39. The number of amides is 1. The van der Waals surface area contributed by atoms with Crippen molar-refractivity contribution in [1.29, 1.82) is 0 Å². The third-order valence-electron chi connectivity index (χ3n) is 6.00. The minimum atomic E-state index is 0.103. The highest BCUT2D eigenvalue weighted by Crippen LogP contribution is 2.24. The van der Waals surface area contributed by atoms with Gasteiger partial charge in [0.05, 0.1) is 7.11 Å². The zero-order valence-electron chi connectivity index (χ0n) is 16.9. The van der Waals surface area contributed by atoms with Gasteiger partial charge >= 0.3 is 0 Å². The number of anilines is 1. The maximum absolute atomic E-state index is 13.0. The van der Waals surface area contributed by atoms with Gasteiger partial charge < -0.3 is 14.5 Å². The molecule has 0 aliphatic carbocycles. The van der Waals surface area contributed by atoms with Gasteiger partial charge in [0.15, 0.2) is 0 Å². The first-order valence-electron chi connectivity index (χ1n) is 10.3. The van der Waals surface area contributed by atoms with E-state index in [4.69, 9.17) is 16.3 Å². The number of piperazine rings is 1. The van der Waals surface area contributed by atoms with Crippen molar-refractivity contribution in [3.63, 3.8) is 0 Å². The molecule has 5 nitrogen and oxygen atoms in total. The Balaban J connectivity index is 1.36. The summed E-state index contributed by atoms with van der Waals surface area (Å²) >= 11 is 6.15. The van der Waals surface area contributed by atoms with E-state index in [1.807, 2.05) is 47.4 Å². The van der Waals surface area contributed by atoms with Crippen LogP contribution in [-0.2, 0) is 0 Å². The van der Waals surface area contributed by atoms with Crippen LogP contribution in [0.15, 0.2) is 48.5 Å². The summed E-state index contributed by atoms with van der Waals surface area (Å²) < 4.78 is 5.27. The lowest BCUT2D eigenvalue weighted by Gasteiger charge is -2.44. The second kappa shape index (κ2) is 9.06. The second-order valence-corrected chi connectivity index (χ2v) is 8.22. The Bertz CT molecular complexity index is 852. The van der Waals surface area contributed by atoms with Gasteiger partial charge in [-0.05, 0) is 49.2 Å². The Morgan fingerprint density at radius 2 is 1.83 bits per heavy atom. The summed E-state index contributed by atoms with van der Waals surface area (Å²) in [6, 6.07) is 16.0. The molecule has 2 aliphatic rings. The smallest absolute Gasteiger partial charge is 0.254 e. The Hall–Kier alpha value is -2.24. The SMILES string of the molecule is COc1cccc(C(=O)N2CCCC(N3CCN(c4cccc(Cl)c4)CC3)C2)c1. The first kappa shape index (κ1) is 20.0. The molecular formula is C23H28ClN3O2. The van der Waals surface area contributed by atoms with Crippen LogP contribution in [0.25, 0.3) is 0 Å². The van der Waals surface area contributed by atoms with Gasteiger partial charge in [-0.2, -0.15) is 0 Å². The molecule has 2 aromatic carbocycles. The predicted molar refractivity (Wildman–Crippen MR) is 117 cm³/mol. The van der Waals surface area contributed by atoms with E-state index >= 15 is 0 Å². The molecule has 0 radical (unpaired) electrons. The first-order chi connectivity index (χ1) is 14.1. The van der Waals surface area contributed by atoms with Crippen LogP contribution in [-0.4, -0.2) is 68.1 Å². The number of methoxy groups -OCH3 is 1. The molecule has 0 N–H and O–H groups in total. The van der Waals surface area contributed by atoms with E-state index in [9.17, 15) is 4.79 Å². The highest BCUT2D eigenvalue weighted by atomic mass is 35.5. The Kier molecular flexibility index (Phi) is 6.26. The van der Waals surface area contributed by atoms with Crippen LogP contribution in [0.4, 0.5) is 5.69 Å². The van der Waals surface area contributed by atoms with E-state index < -0.39 is 0 Å². The van der Waals surface area contributed by atoms with E-state index in [0.717, 1.165) is 62.9 Å². The van der Waals surface area contributed by atoms with Gasteiger partial charge in [0.1, 0.15) is 5.75 Å². The number of hydrogen-bond acceptors (Lipinski definition) is 4. The molecule has 0 spiro atoms. The summed E-state index contributed by atoms with van der Waals surface area (Å²) in [6.45, 7) is 5.63. The van der Waals surface area contributed by atoms with Crippen LogP contribution >= 0.6 is 11.6 Å². The van der Waals surface area contributed by atoms with Crippen molar-refractivity contribution in [2.75, 3.05) is 51.3 Å². The fourth-order valence-corrected chi connectivity index (χ4v) is 4.58. The molecule has 1 unspecified atom stereocenters. The van der Waals surface area contributed by atoms with E-state index in [0.29, 0.717) is 11.6 Å². The van der Waals surface area contributed by atoms with Gasteiger partial charge in [-0.1, -0.05) is 23.7 Å². The van der Waals surface area contributed by atoms with Gasteiger partial charge in [-0.25, -0.2) is 0 Å². The standard InChI is InChI=1S/C23H28ClN3O2/c1-29-22-9-2-5-18(15-22)23(28)27-10-4-8-21(17-27)26-13-11-25(12-14-26)20-7-3-6-19(24)16-20/h2-3,5-7,9,15-16,21H,4,8,10-14,17H2,1H3. The molecule has 0 saturated carbocycles. The van der Waals surface area contributed by atoms with E-state index in [2.05, 4.69) is 15.9 Å². The monoisotopic (exact) mass is 413 g/mol. The Morgan fingerprint density at radius 3 is 2.59 bits per heavy atom. The van der Waals surface area contributed by atoms with Crippen molar-refractivity contribution in [2.45, 2.75) is 18.9 Å². The van der Waals surface area contributed by atoms with Crippen molar-refractivity contribution in [1.82, 2.24) is 9.80 Å². The summed E-state index contributed by atoms with van der Waals surface area (Å²) in [6.07, 6.45) is 2.20. The largest absolute Gasteiger partial charge is 0.497 e. The number of benzene rings is 2. The summed E-state index contributed by atoms with van der Waals surface area (Å²) in [5, 5.41) is 0.781. The molecule has 4 rings (SSSR count). The summed E-state index contributed by atoms with van der Waals surface area (Å²) in [5.74, 6) is 0.827. The summed E-state index contributed by atoms with van der Waals surface area (Å²) in [5.41, 5.74) is 1.89. The average molecular weight is 414 g/mol. The first-order valence-corrected chi connectivity index (χ1v) is 10.7. The maximum Gasteiger partial charge on any atom is 0.254 e. The molecule has 29 heavy (non-hydrogen) atoms. The minimum Gasteiger partial charge on any atom is -0.497 e. The third-order valence-corrected chi connectivity index (χ3v) is 6.24. The van der Waals surface area contributed by atoms with E-state index in [1.165, 1.54) is 5.69 Å². The Labute approximate surface area is 177 Å².